The van der Waals surface area contributed by atoms with Crippen LogP contribution in [0.4, 0.5) is 5.69 Å². The number of carbonyl (C=O) groups is 2. The van der Waals surface area contributed by atoms with Crippen LogP contribution < -0.4 is 5.32 Å². The Balaban J connectivity index is 1.91. The molecule has 1 spiro atoms. The van der Waals surface area contributed by atoms with E-state index in [-0.39, 0.29) is 5.91 Å². The number of esters is 1. The highest BCUT2D eigenvalue weighted by molar-refractivity contribution is 6.36. The summed E-state index contributed by atoms with van der Waals surface area (Å²) in [4.78, 5) is 25.0. The van der Waals surface area contributed by atoms with Crippen molar-refractivity contribution in [1.82, 2.24) is 0 Å². The van der Waals surface area contributed by atoms with Crippen LogP contribution in [0.15, 0.2) is 29.3 Å². The van der Waals surface area contributed by atoms with Gasteiger partial charge >= 0.3 is 5.97 Å². The van der Waals surface area contributed by atoms with Gasteiger partial charge in [0.15, 0.2) is 0 Å². The highest BCUT2D eigenvalue weighted by Crippen LogP contribution is 2.45. The fourth-order valence-electron chi connectivity index (χ4n) is 3.48. The molecule has 0 radical (unpaired) electrons. The molecule has 1 N–H and O–H groups in total. The van der Waals surface area contributed by atoms with Gasteiger partial charge in [-0.25, -0.2) is 4.79 Å². The van der Waals surface area contributed by atoms with Crippen LogP contribution in [-0.2, 0) is 14.3 Å². The normalized spacial score (nSPS) is 26.7. The van der Waals surface area contributed by atoms with Gasteiger partial charge in [0, 0.05) is 10.6 Å². The van der Waals surface area contributed by atoms with Crippen LogP contribution in [0.1, 0.15) is 39.5 Å². The fourth-order valence-corrected chi connectivity index (χ4v) is 3.82. The van der Waals surface area contributed by atoms with Gasteiger partial charge in [0.25, 0.3) is 5.91 Å². The minimum absolute atomic E-state index is 0.350. The van der Waals surface area contributed by atoms with E-state index in [9.17, 15) is 9.59 Å². The van der Waals surface area contributed by atoms with Crippen LogP contribution in [0.5, 0.6) is 0 Å². The molecule has 128 valence electrons. The van der Waals surface area contributed by atoms with Gasteiger partial charge in [-0.2, -0.15) is 0 Å². The summed E-state index contributed by atoms with van der Waals surface area (Å²) >= 11 is 12.1. The van der Waals surface area contributed by atoms with Gasteiger partial charge < -0.3 is 10.1 Å². The largest absolute Gasteiger partial charge is 0.451 e. The molecule has 1 aliphatic carbocycles. The Bertz CT molecular complexity index is 734. The van der Waals surface area contributed by atoms with E-state index in [1.54, 1.807) is 25.1 Å². The highest BCUT2D eigenvalue weighted by atomic mass is 35.5. The van der Waals surface area contributed by atoms with E-state index < -0.39 is 11.6 Å². The van der Waals surface area contributed by atoms with Crippen molar-refractivity contribution in [2.75, 3.05) is 5.32 Å². The van der Waals surface area contributed by atoms with Crippen LogP contribution in [0.2, 0.25) is 10.0 Å². The Labute approximate surface area is 151 Å². The average molecular weight is 368 g/mol. The topological polar surface area (TPSA) is 55.4 Å². The predicted octanol–water partition coefficient (Wildman–Crippen LogP) is 4.75. The molecule has 2 aliphatic rings. The van der Waals surface area contributed by atoms with Gasteiger partial charge in [-0.05, 0) is 56.7 Å². The lowest BCUT2D eigenvalue weighted by atomic mass is 9.75. The fraction of sp³-hybridized carbons (Fsp3) is 0.444. The van der Waals surface area contributed by atoms with E-state index in [4.69, 9.17) is 27.9 Å². The van der Waals surface area contributed by atoms with Crippen molar-refractivity contribution in [3.8, 4) is 0 Å². The lowest BCUT2D eigenvalue weighted by molar-refractivity contribution is -0.150. The Morgan fingerprint density at radius 1 is 1.29 bits per heavy atom. The third-order valence-corrected chi connectivity index (χ3v) is 5.48. The van der Waals surface area contributed by atoms with Crippen molar-refractivity contribution in [3.63, 3.8) is 0 Å². The zero-order valence-corrected chi connectivity index (χ0v) is 15.1. The zero-order chi connectivity index (χ0) is 17.5. The molecule has 1 fully saturated rings. The van der Waals surface area contributed by atoms with E-state index >= 15 is 0 Å². The summed E-state index contributed by atoms with van der Waals surface area (Å²) in [6.07, 6.45) is 3.19. The number of rotatable bonds is 2. The van der Waals surface area contributed by atoms with Crippen LogP contribution in [0, 0.1) is 5.92 Å². The molecule has 1 aromatic rings. The van der Waals surface area contributed by atoms with E-state index in [1.165, 1.54) is 0 Å². The molecule has 24 heavy (non-hydrogen) atoms. The highest BCUT2D eigenvalue weighted by Gasteiger charge is 2.50. The minimum Gasteiger partial charge on any atom is -0.451 e. The molecule has 1 aromatic carbocycles. The summed E-state index contributed by atoms with van der Waals surface area (Å²) in [5, 5.41) is 3.65. The van der Waals surface area contributed by atoms with Crippen LogP contribution in [-0.4, -0.2) is 17.5 Å². The van der Waals surface area contributed by atoms with E-state index in [2.05, 4.69) is 12.2 Å². The van der Waals surface area contributed by atoms with Crippen LogP contribution >= 0.6 is 23.2 Å². The summed E-state index contributed by atoms with van der Waals surface area (Å²) in [5.74, 6) is -0.189. The van der Waals surface area contributed by atoms with E-state index in [1.807, 2.05) is 0 Å². The standard InChI is InChI=1S/C18H19Cl2NO3/c1-10-5-7-18(8-6-10)15(11(2)17(23)24-18)16(22)21-14-9-12(19)3-4-13(14)20/h3-4,9-10H,5-8H2,1-2H3,(H,21,22). The number of ether oxygens (including phenoxy) is 1. The molecule has 3 rings (SSSR count). The van der Waals surface area contributed by atoms with Gasteiger partial charge in [-0.15, -0.1) is 0 Å². The third kappa shape index (κ3) is 3.05. The van der Waals surface area contributed by atoms with Crippen molar-refractivity contribution in [2.24, 2.45) is 5.92 Å². The Morgan fingerprint density at radius 3 is 2.62 bits per heavy atom. The first-order chi connectivity index (χ1) is 11.3. The Morgan fingerprint density at radius 2 is 1.96 bits per heavy atom. The average Bonchev–Trinajstić information content (AvgIpc) is 2.77. The van der Waals surface area contributed by atoms with Crippen molar-refractivity contribution in [3.05, 3.63) is 39.4 Å². The number of carbonyl (C=O) groups excluding carboxylic acids is 2. The maximum absolute atomic E-state index is 12.9. The second kappa shape index (κ2) is 6.41. The van der Waals surface area contributed by atoms with Gasteiger partial charge in [0.2, 0.25) is 0 Å². The second-order valence-corrected chi connectivity index (χ2v) is 7.49. The molecule has 1 aliphatic heterocycles. The zero-order valence-electron chi connectivity index (χ0n) is 13.6. The molecular weight excluding hydrogens is 349 g/mol. The van der Waals surface area contributed by atoms with Gasteiger partial charge in [0.05, 0.1) is 16.3 Å². The summed E-state index contributed by atoms with van der Waals surface area (Å²) in [6.45, 7) is 3.81. The summed E-state index contributed by atoms with van der Waals surface area (Å²) < 4.78 is 5.64. The molecular formula is C18H19Cl2NO3. The first-order valence-corrected chi connectivity index (χ1v) is 8.79. The number of nitrogens with one attached hydrogen (secondary N) is 1. The quantitative estimate of drug-likeness (QED) is 0.767. The van der Waals surface area contributed by atoms with Crippen LogP contribution in [0.3, 0.4) is 0 Å². The molecule has 1 amide bonds. The second-order valence-electron chi connectivity index (χ2n) is 6.64. The van der Waals surface area contributed by atoms with Crippen molar-refractivity contribution in [1.29, 1.82) is 0 Å². The van der Waals surface area contributed by atoms with Gasteiger partial charge in [-0.1, -0.05) is 30.1 Å². The first kappa shape index (κ1) is 17.3. The Hall–Kier alpha value is -1.52. The maximum atomic E-state index is 12.9. The summed E-state index contributed by atoms with van der Waals surface area (Å²) in [6, 6.07) is 4.86. The molecule has 0 aromatic heterocycles. The number of hydrogen-bond acceptors (Lipinski definition) is 3. The lowest BCUT2D eigenvalue weighted by Crippen LogP contribution is -2.40. The molecule has 0 bridgehead atoms. The maximum Gasteiger partial charge on any atom is 0.335 e. The number of anilines is 1. The predicted molar refractivity (Wildman–Crippen MR) is 94.2 cm³/mol. The van der Waals surface area contributed by atoms with Crippen LogP contribution in [0.25, 0.3) is 0 Å². The van der Waals surface area contributed by atoms with E-state index in [0.29, 0.717) is 45.6 Å². The van der Waals surface area contributed by atoms with Gasteiger partial charge in [0.1, 0.15) is 5.60 Å². The molecule has 6 heteroatoms. The summed E-state index contributed by atoms with van der Waals surface area (Å²) in [7, 11) is 0. The van der Waals surface area contributed by atoms with Gasteiger partial charge in [-0.3, -0.25) is 4.79 Å². The number of amides is 1. The SMILES string of the molecule is CC1=C(C(=O)Nc2cc(Cl)ccc2Cl)C2(CCC(C)CC2)OC1=O. The van der Waals surface area contributed by atoms with Crippen molar-refractivity contribution in [2.45, 2.75) is 45.1 Å². The number of hydrogen-bond donors (Lipinski definition) is 1. The molecule has 0 unspecified atom stereocenters. The molecule has 1 heterocycles. The van der Waals surface area contributed by atoms with Crippen molar-refractivity contribution < 1.29 is 14.3 Å². The lowest BCUT2D eigenvalue weighted by Gasteiger charge is -2.36. The smallest absolute Gasteiger partial charge is 0.335 e. The Kier molecular flexibility index (Phi) is 4.63. The molecule has 0 saturated heterocycles. The minimum atomic E-state index is -0.803. The summed E-state index contributed by atoms with van der Waals surface area (Å²) in [5.41, 5.74) is 0.423. The van der Waals surface area contributed by atoms with Crippen molar-refractivity contribution >= 4 is 40.8 Å². The molecule has 0 atom stereocenters. The van der Waals surface area contributed by atoms with E-state index in [0.717, 1.165) is 12.8 Å². The third-order valence-electron chi connectivity index (χ3n) is 4.91. The number of halogens is 2. The molecule has 1 saturated carbocycles. The molecule has 4 nitrogen and oxygen atoms in total. The monoisotopic (exact) mass is 367 g/mol. The number of benzene rings is 1. The first-order valence-electron chi connectivity index (χ1n) is 8.03.